The van der Waals surface area contributed by atoms with Gasteiger partial charge in [-0.05, 0) is 91.4 Å². The van der Waals surface area contributed by atoms with Crippen molar-refractivity contribution in [3.8, 4) is 49.4 Å². The van der Waals surface area contributed by atoms with Gasteiger partial charge in [0.1, 0.15) is 89.4 Å². The Hall–Kier alpha value is -10.6. The molecule has 1 atom stereocenters. The monoisotopic (exact) mass is 2190 g/mol. The molecule has 0 radical (unpaired) electrons. The van der Waals surface area contributed by atoms with Crippen molar-refractivity contribution in [3.63, 3.8) is 0 Å². The van der Waals surface area contributed by atoms with E-state index in [1.165, 1.54) is 40.4 Å². The molecule has 13 heterocycles. The number of furan rings is 1. The third-order valence-electron chi connectivity index (χ3n) is 21.1. The molecule has 10 aromatic heterocycles. The SMILES string of the molecule is C.C#Cc1c[nH]c(C(C)(C)C)c1.C#Cc1ccc(C(C)(C)C)o1.C#Cc1cnc(C(C)(C)C)[nH]1.C#Cc1nc(C(C)(C)C)[nH]c1C.C=S(C)C1=NC(C(C)(C)C)=CC1.CC(=O)c1cnc(C(C)(C)C)[nH]1.CC(C)(C)C1=CCC(S(C)(=O)=O)=N1.CC(C)(C)c1nc2ccccc2[nH]1.CC(C)(C)c1ncc(Br)[nH]1.CC(C)(C)c1ncc(Cl)[nH]1.CSC1=NC(C(C)(C)C)=CC1.Cc1[nH]c(C(C)(C)C)nc1Cl.Cc1cnc(C(C)(C)C)[nH]1. The highest BCUT2D eigenvalue weighted by molar-refractivity contribution is 9.10. The number of fused-ring (bicyclic) bond motifs is 1. The smallest absolute Gasteiger partial charge is 0.189 e. The molecular formula is C118H179BrCl2N20O4S3. The number of aliphatic imine (C=N–C) groups is 3. The lowest BCUT2D eigenvalue weighted by Gasteiger charge is -2.16. The summed E-state index contributed by atoms with van der Waals surface area (Å²) in [5.41, 5.74) is 13.8. The molecule has 0 saturated heterocycles. The maximum absolute atomic E-state index is 11.1. The molecule has 11 aromatic rings. The summed E-state index contributed by atoms with van der Waals surface area (Å²) in [6.45, 7) is 89.9. The Kier molecular flexibility index (Phi) is 51.2. The molecule has 1 aromatic carbocycles. The Labute approximate surface area is 915 Å². The summed E-state index contributed by atoms with van der Waals surface area (Å²) in [4.78, 5) is 86.1. The molecule has 14 rings (SSSR count). The number of hydrogen-bond acceptors (Lipinski definition) is 16. The summed E-state index contributed by atoms with van der Waals surface area (Å²) in [7, 11) is -3.00. The van der Waals surface area contributed by atoms with E-state index in [1.807, 2.05) is 96.4 Å². The van der Waals surface area contributed by atoms with Crippen molar-refractivity contribution in [1.82, 2.24) is 84.7 Å². The van der Waals surface area contributed by atoms with Gasteiger partial charge in [0, 0.05) is 155 Å². The van der Waals surface area contributed by atoms with Gasteiger partial charge in [0.05, 0.1) is 51.6 Å². The fraction of sp³-hybridized carbons (Fsp3) is 0.534. The number of thioether (sulfide) groups is 1. The zero-order valence-corrected chi connectivity index (χ0v) is 103. The number of carbonyl (C=O) groups is 1. The predicted octanol–water partition coefficient (Wildman–Crippen LogP) is 31.4. The molecule has 3 aliphatic heterocycles. The van der Waals surface area contributed by atoms with Crippen LogP contribution in [-0.2, 0) is 64.0 Å². The number of aromatic nitrogens is 17. The number of halogens is 3. The van der Waals surface area contributed by atoms with Crippen molar-refractivity contribution in [3.05, 3.63) is 233 Å². The van der Waals surface area contributed by atoms with Crippen molar-refractivity contribution in [1.29, 1.82) is 0 Å². The zero-order chi connectivity index (χ0) is 114. The highest BCUT2D eigenvalue weighted by Crippen LogP contribution is 2.37. The second-order valence-corrected chi connectivity index (χ2v) is 55.6. The van der Waals surface area contributed by atoms with E-state index in [1.54, 1.807) is 36.5 Å². The van der Waals surface area contributed by atoms with E-state index < -0.39 is 9.84 Å². The number of hydrogen-bond donors (Lipinski definition) is 9. The van der Waals surface area contributed by atoms with Crippen molar-refractivity contribution in [2.75, 3.05) is 18.8 Å². The number of Topliss-reactive ketones (excluding diaryl/α,β-unsaturated/α-hetero) is 1. The minimum Gasteiger partial charge on any atom is -0.452 e. The Bertz CT molecular complexity index is 6260. The number of benzene rings is 1. The third kappa shape index (κ3) is 48.6. The highest BCUT2D eigenvalue weighted by Gasteiger charge is 2.29. The quantitative estimate of drug-likeness (QED) is 0.0420. The minimum atomic E-state index is -3.10. The fourth-order valence-electron chi connectivity index (χ4n) is 11.8. The van der Waals surface area contributed by atoms with Gasteiger partial charge in [-0.2, -0.15) is 10.5 Å². The number of sulfone groups is 1. The highest BCUT2D eigenvalue weighted by atomic mass is 79.9. The first-order valence-electron chi connectivity index (χ1n) is 49.1. The lowest BCUT2D eigenvalue weighted by Crippen LogP contribution is -2.13. The van der Waals surface area contributed by atoms with Gasteiger partial charge >= 0.3 is 0 Å². The molecule has 0 aliphatic carbocycles. The van der Waals surface area contributed by atoms with Crippen molar-refractivity contribution in [2.24, 2.45) is 31.2 Å². The molecule has 1 unspecified atom stereocenters. The summed E-state index contributed by atoms with van der Waals surface area (Å²) in [6, 6.07) is 13.9. The van der Waals surface area contributed by atoms with Crippen LogP contribution in [0.4, 0.5) is 0 Å². The maximum atomic E-state index is 11.1. The third-order valence-corrected chi connectivity index (χ3v) is 24.9. The van der Waals surface area contributed by atoms with E-state index in [9.17, 15) is 13.2 Å². The number of imidazole rings is 8. The van der Waals surface area contributed by atoms with Gasteiger partial charge in [-0.1, -0.05) is 349 Å². The minimum absolute atomic E-state index is 0. The van der Waals surface area contributed by atoms with E-state index in [-0.39, 0.29) is 99.1 Å². The van der Waals surface area contributed by atoms with Gasteiger partial charge in [0.15, 0.2) is 21.4 Å². The molecule has 0 saturated carbocycles. The predicted molar refractivity (Wildman–Crippen MR) is 641 cm³/mol. The molecule has 0 amide bonds. The number of rotatable bonds is 1. The Balaban J connectivity index is 0.000000802. The molecule has 814 valence electrons. The molecule has 148 heavy (non-hydrogen) atoms. The topological polar surface area (TPSA) is 347 Å². The normalized spacial score (nSPS) is 13.4. The summed E-state index contributed by atoms with van der Waals surface area (Å²) in [5, 5.41) is 3.96. The van der Waals surface area contributed by atoms with Crippen molar-refractivity contribution >= 4 is 109 Å². The molecule has 0 bridgehead atoms. The van der Waals surface area contributed by atoms with Gasteiger partial charge in [0.25, 0.3) is 0 Å². The first kappa shape index (κ1) is 135. The number of carbonyl (C=O) groups excluding carboxylic acids is 1. The number of para-hydroxylation sites is 2. The van der Waals surface area contributed by atoms with Crippen LogP contribution in [-0.4, -0.2) is 139 Å². The van der Waals surface area contributed by atoms with Crippen LogP contribution in [0.1, 0.15) is 412 Å². The number of allylic oxidation sites excluding steroid dienone is 6. The van der Waals surface area contributed by atoms with Crippen LogP contribution in [0.5, 0.6) is 0 Å². The fourth-order valence-corrected chi connectivity index (χ4v) is 14.1. The standard InChI is InChI=1S/C11H14N2.C10H14N2.C10H17NS.C10H13N.C10H12O.C9H14N2O.C9H12N2.C9H15NO2S.C9H15NS.C8H13ClN2.C8H14N2.C7H11BrN2.C7H11ClN2.CH4/c1-11(2,3)10-12-8-6-4-5-7-9(8)13-10;1-6-8-7(2)11-9(12-8)10(3,4)5;1-10(2,3)8-6-7-9(11-8)12(4)5;1-5-8-6-9(11-7-8)10(2,3)4;1-5-8-6-7-9(11-8)10(2,3)4;1-6(12)7-5-10-8(11-7)9(2,3)4;1-5-7-6-10-8(11-7)9(2,3)4;1-9(2,3)7-5-6-8(10-7)13(4,11)12;1-9(2,3)7-5-6-8(10-7)11-4;1-5-6(9)11-7(10-5)8(2,3)4;1-6-5-9-7(10-6)8(2,3)4;2*1-7(2,3)6-9-4-5(8)10-6;/h4-7H,1-3H3,(H,12,13);1H,2-5H3,(H,11,12);6H,4,7H2,1-3,5H3;1,6-7,11H,2-4H3;1,6-7H,2-4H3;5H,1-4H3,(H,10,11);1,6H,2-4H3,(H,10,11);5H,6H2,1-4H3;5H,6H2,1-4H3;1-4H3,(H,10,11);5H,1-4H3,(H,9,10);2*4H,1-3H3,(H,9,10);1H4. The van der Waals surface area contributed by atoms with Gasteiger partial charge < -0.3 is 49.3 Å². The second-order valence-electron chi connectivity index (χ2n) is 49.4. The lowest BCUT2D eigenvalue weighted by atomic mass is 9.92. The molecular weight excluding hydrogens is 2010 g/mol. The van der Waals surface area contributed by atoms with E-state index in [0.29, 0.717) is 28.2 Å². The number of nitrogens with one attached hydrogen (secondary N) is 9. The lowest BCUT2D eigenvalue weighted by molar-refractivity contribution is 0.101. The van der Waals surface area contributed by atoms with Crippen molar-refractivity contribution < 1.29 is 17.6 Å². The molecule has 0 spiro atoms. The average Bonchev–Trinajstić information content (AvgIpc) is 1.67. The molecule has 30 heteroatoms. The average molecular weight is 2190 g/mol. The molecule has 3 aliphatic rings. The molecule has 9 N–H and O–H groups in total. The van der Waals surface area contributed by atoms with E-state index in [0.717, 1.165) is 121 Å². The van der Waals surface area contributed by atoms with Crippen LogP contribution in [0.3, 0.4) is 0 Å². The number of nitrogens with zero attached hydrogens (tertiary/aromatic N) is 11. The van der Waals surface area contributed by atoms with Crippen LogP contribution >= 0.6 is 61.4 Å². The number of H-pyrrole nitrogens is 9. The van der Waals surface area contributed by atoms with E-state index in [4.69, 9.17) is 53.3 Å². The zero-order valence-electron chi connectivity index (χ0n) is 97.3. The van der Waals surface area contributed by atoms with E-state index in [2.05, 4.69) is 425 Å². The Morgan fingerprint density at radius 2 is 0.905 bits per heavy atom. The first-order valence-corrected chi connectivity index (χ1v) is 55.6. The summed E-state index contributed by atoms with van der Waals surface area (Å²) < 4.78 is 28.6. The number of aryl methyl sites for hydroxylation is 3. The summed E-state index contributed by atoms with van der Waals surface area (Å²) in [6.07, 6.45) is 45.5. The Morgan fingerprint density at radius 3 is 1.18 bits per heavy atom. The molecule has 0 fully saturated rings. The largest absolute Gasteiger partial charge is 0.452 e. The summed E-state index contributed by atoms with van der Waals surface area (Å²) >= 11 is 16.5. The second kappa shape index (κ2) is 56.0. The van der Waals surface area contributed by atoms with Gasteiger partial charge in [-0.15, -0.1) is 37.5 Å². The molecule has 24 nitrogen and oxygen atoms in total. The number of ketones is 1. The van der Waals surface area contributed by atoms with Crippen LogP contribution in [0, 0.1) is 86.4 Å². The Morgan fingerprint density at radius 1 is 0.466 bits per heavy atom. The summed E-state index contributed by atoms with van der Waals surface area (Å²) in [5.74, 6) is 23.4. The van der Waals surface area contributed by atoms with Crippen LogP contribution in [0.2, 0.25) is 10.3 Å². The van der Waals surface area contributed by atoms with Crippen LogP contribution in [0.15, 0.2) is 139 Å². The maximum Gasteiger partial charge on any atom is 0.189 e. The van der Waals surface area contributed by atoms with Gasteiger partial charge in [0.2, 0.25) is 0 Å². The van der Waals surface area contributed by atoms with E-state index >= 15 is 0 Å². The number of terminal acetylenes is 4. The van der Waals surface area contributed by atoms with Crippen LogP contribution in [0.25, 0.3) is 11.0 Å². The van der Waals surface area contributed by atoms with Crippen LogP contribution < -0.4 is 0 Å². The van der Waals surface area contributed by atoms with Crippen molar-refractivity contribution in [2.45, 2.75) is 379 Å². The van der Waals surface area contributed by atoms with Gasteiger partial charge in [-0.25, -0.2) is 53.3 Å². The first-order chi connectivity index (χ1) is 66.6. The number of aromatic amines is 9. The van der Waals surface area contributed by atoms with Gasteiger partial charge in [-0.3, -0.25) is 14.8 Å².